The summed E-state index contributed by atoms with van der Waals surface area (Å²) >= 11 is 1.12. The fourth-order valence-corrected chi connectivity index (χ4v) is 4.62. The number of carboxylic acid groups (broad SMARTS) is 1. The van der Waals surface area contributed by atoms with E-state index in [1.807, 2.05) is 0 Å². The molecule has 1 amide bonds. The first-order valence-electron chi connectivity index (χ1n) is 6.32. The molecule has 0 aliphatic carbocycles. The molecule has 0 bridgehead atoms. The zero-order valence-electron chi connectivity index (χ0n) is 11.1. The molecule has 1 aromatic carbocycles. The second kappa shape index (κ2) is 6.48. The molecule has 1 unspecified atom stereocenters. The van der Waals surface area contributed by atoms with Crippen LogP contribution in [0, 0.1) is 0 Å². The lowest BCUT2D eigenvalue weighted by molar-refractivity contribution is -0.119. The van der Waals surface area contributed by atoms with Crippen molar-refractivity contribution in [2.45, 2.75) is 17.4 Å². The Hall–Kier alpha value is -1.54. The van der Waals surface area contributed by atoms with Crippen LogP contribution >= 0.6 is 11.8 Å². The number of amides is 1. The molecule has 1 aliphatic rings. The van der Waals surface area contributed by atoms with Crippen LogP contribution in [0.1, 0.15) is 16.8 Å². The first-order chi connectivity index (χ1) is 9.87. The summed E-state index contributed by atoms with van der Waals surface area (Å²) in [6.45, 7) is 0. The fourth-order valence-electron chi connectivity index (χ4n) is 2.09. The molecule has 6 nitrogen and oxygen atoms in total. The molecule has 0 radical (unpaired) electrons. The van der Waals surface area contributed by atoms with Gasteiger partial charge in [0.05, 0.1) is 22.8 Å². The molecule has 1 saturated heterocycles. The van der Waals surface area contributed by atoms with Gasteiger partial charge in [0.1, 0.15) is 0 Å². The van der Waals surface area contributed by atoms with Crippen molar-refractivity contribution < 1.29 is 23.1 Å². The molecule has 2 N–H and O–H groups in total. The van der Waals surface area contributed by atoms with Crippen molar-refractivity contribution in [3.8, 4) is 0 Å². The number of benzene rings is 1. The van der Waals surface area contributed by atoms with E-state index in [2.05, 4.69) is 5.32 Å². The molecule has 0 saturated carbocycles. The highest BCUT2D eigenvalue weighted by Gasteiger charge is 2.28. The molecule has 1 aliphatic heterocycles. The molecule has 1 atom stereocenters. The third kappa shape index (κ3) is 4.47. The molecule has 8 heteroatoms. The summed E-state index contributed by atoms with van der Waals surface area (Å²) in [5.41, 5.74) is 0.152. The molecular formula is C13H15NO5S2. The summed E-state index contributed by atoms with van der Waals surface area (Å²) in [5.74, 6) is -1.19. The quantitative estimate of drug-likeness (QED) is 0.774. The highest BCUT2D eigenvalue weighted by Crippen LogP contribution is 2.22. The van der Waals surface area contributed by atoms with Gasteiger partial charge in [0.25, 0.3) is 0 Å². The van der Waals surface area contributed by atoms with Gasteiger partial charge in [-0.05, 0) is 18.6 Å². The Balaban J connectivity index is 1.89. The topological polar surface area (TPSA) is 101 Å². The SMILES string of the molecule is O=C(CSc1ccccc1C(=O)O)NC1CCS(=O)(=O)C1. The first kappa shape index (κ1) is 15.8. The zero-order valence-corrected chi connectivity index (χ0v) is 12.7. The van der Waals surface area contributed by atoms with Crippen LogP contribution in [0.3, 0.4) is 0 Å². The van der Waals surface area contributed by atoms with Gasteiger partial charge in [-0.15, -0.1) is 11.8 Å². The average Bonchev–Trinajstić information content (AvgIpc) is 2.75. The maximum Gasteiger partial charge on any atom is 0.336 e. The van der Waals surface area contributed by atoms with Gasteiger partial charge in [0.15, 0.2) is 9.84 Å². The van der Waals surface area contributed by atoms with E-state index in [-0.39, 0.29) is 34.8 Å². The van der Waals surface area contributed by atoms with Crippen LogP contribution in [0.4, 0.5) is 0 Å². The maximum absolute atomic E-state index is 11.8. The number of hydrogen-bond donors (Lipinski definition) is 2. The largest absolute Gasteiger partial charge is 0.478 e. The lowest BCUT2D eigenvalue weighted by Gasteiger charge is -2.11. The molecule has 21 heavy (non-hydrogen) atoms. The average molecular weight is 329 g/mol. The predicted molar refractivity (Wildman–Crippen MR) is 79.3 cm³/mol. The summed E-state index contributed by atoms with van der Waals surface area (Å²) in [7, 11) is -3.03. The Kier molecular flexibility index (Phi) is 4.89. The smallest absolute Gasteiger partial charge is 0.336 e. The van der Waals surface area contributed by atoms with Gasteiger partial charge in [-0.3, -0.25) is 4.79 Å². The van der Waals surface area contributed by atoms with Crippen molar-refractivity contribution in [3.05, 3.63) is 29.8 Å². The van der Waals surface area contributed by atoms with E-state index in [0.29, 0.717) is 11.3 Å². The number of aromatic carboxylic acids is 1. The summed E-state index contributed by atoms with van der Waals surface area (Å²) in [6.07, 6.45) is 0.435. The first-order valence-corrected chi connectivity index (χ1v) is 9.13. The number of thioether (sulfide) groups is 1. The number of carbonyl (C=O) groups is 2. The van der Waals surface area contributed by atoms with E-state index in [0.717, 1.165) is 11.8 Å². The normalized spacial score (nSPS) is 20.1. The second-order valence-electron chi connectivity index (χ2n) is 4.76. The Morgan fingerprint density at radius 1 is 1.33 bits per heavy atom. The fraction of sp³-hybridized carbons (Fsp3) is 0.385. The standard InChI is InChI=1S/C13H15NO5S2/c15-12(14-9-5-6-21(18,19)8-9)7-20-11-4-2-1-3-10(11)13(16)17/h1-4,9H,5-8H2,(H,14,15)(H,16,17). The van der Waals surface area contributed by atoms with Crippen molar-refractivity contribution in [1.29, 1.82) is 0 Å². The molecule has 0 aromatic heterocycles. The van der Waals surface area contributed by atoms with Crippen LogP contribution in [0.25, 0.3) is 0 Å². The van der Waals surface area contributed by atoms with Crippen molar-refractivity contribution in [3.63, 3.8) is 0 Å². The summed E-state index contributed by atoms with van der Waals surface area (Å²) in [5, 5.41) is 11.7. The number of carboxylic acids is 1. The van der Waals surface area contributed by atoms with Crippen molar-refractivity contribution >= 4 is 33.5 Å². The van der Waals surface area contributed by atoms with Crippen LogP contribution in [-0.2, 0) is 14.6 Å². The molecule has 2 rings (SSSR count). The van der Waals surface area contributed by atoms with E-state index in [9.17, 15) is 18.0 Å². The number of nitrogens with one attached hydrogen (secondary N) is 1. The van der Waals surface area contributed by atoms with Gasteiger partial charge in [0, 0.05) is 10.9 Å². The Bertz CT molecular complexity index is 656. The van der Waals surface area contributed by atoms with Crippen LogP contribution < -0.4 is 5.32 Å². The monoisotopic (exact) mass is 329 g/mol. The maximum atomic E-state index is 11.8. The third-order valence-electron chi connectivity index (χ3n) is 3.07. The Labute approximate surface area is 126 Å². The number of carbonyl (C=O) groups excluding carboxylic acids is 1. The molecule has 1 fully saturated rings. The Morgan fingerprint density at radius 3 is 2.67 bits per heavy atom. The number of rotatable bonds is 5. The van der Waals surface area contributed by atoms with E-state index in [1.165, 1.54) is 6.07 Å². The van der Waals surface area contributed by atoms with Crippen LogP contribution in [-0.4, -0.2) is 48.7 Å². The Morgan fingerprint density at radius 2 is 2.05 bits per heavy atom. The lowest BCUT2D eigenvalue weighted by atomic mass is 10.2. The number of sulfone groups is 1. The van der Waals surface area contributed by atoms with Crippen molar-refractivity contribution in [2.75, 3.05) is 17.3 Å². The van der Waals surface area contributed by atoms with Gasteiger partial charge < -0.3 is 10.4 Å². The summed E-state index contributed by atoms with van der Waals surface area (Å²) in [6, 6.07) is 6.11. The third-order valence-corrected chi connectivity index (χ3v) is 5.92. The molecule has 1 heterocycles. The van der Waals surface area contributed by atoms with Crippen LogP contribution in [0.5, 0.6) is 0 Å². The molecule has 1 aromatic rings. The van der Waals surface area contributed by atoms with Crippen LogP contribution in [0.15, 0.2) is 29.2 Å². The minimum Gasteiger partial charge on any atom is -0.478 e. The summed E-state index contributed by atoms with van der Waals surface area (Å²) in [4.78, 5) is 23.3. The highest BCUT2D eigenvalue weighted by molar-refractivity contribution is 8.00. The zero-order chi connectivity index (χ0) is 15.5. The van der Waals surface area contributed by atoms with Crippen LogP contribution in [0.2, 0.25) is 0 Å². The van der Waals surface area contributed by atoms with Crippen molar-refractivity contribution in [1.82, 2.24) is 5.32 Å². The van der Waals surface area contributed by atoms with E-state index < -0.39 is 15.8 Å². The molecule has 114 valence electrons. The van der Waals surface area contributed by atoms with Gasteiger partial charge in [0.2, 0.25) is 5.91 Å². The minimum absolute atomic E-state index is 0.0187. The minimum atomic E-state index is -3.03. The summed E-state index contributed by atoms with van der Waals surface area (Å²) < 4.78 is 22.6. The number of hydrogen-bond acceptors (Lipinski definition) is 5. The molecular weight excluding hydrogens is 314 g/mol. The van der Waals surface area contributed by atoms with E-state index >= 15 is 0 Å². The van der Waals surface area contributed by atoms with Gasteiger partial charge in [-0.25, -0.2) is 13.2 Å². The van der Waals surface area contributed by atoms with Gasteiger partial charge in [-0.2, -0.15) is 0 Å². The highest BCUT2D eigenvalue weighted by atomic mass is 32.2. The second-order valence-corrected chi connectivity index (χ2v) is 8.00. The van der Waals surface area contributed by atoms with E-state index in [4.69, 9.17) is 5.11 Å². The van der Waals surface area contributed by atoms with Gasteiger partial charge in [-0.1, -0.05) is 12.1 Å². The molecule has 0 spiro atoms. The lowest BCUT2D eigenvalue weighted by Crippen LogP contribution is -2.36. The van der Waals surface area contributed by atoms with Gasteiger partial charge >= 0.3 is 5.97 Å². The van der Waals surface area contributed by atoms with Crippen molar-refractivity contribution in [2.24, 2.45) is 0 Å². The van der Waals surface area contributed by atoms with E-state index in [1.54, 1.807) is 18.2 Å². The predicted octanol–water partition coefficient (Wildman–Crippen LogP) is 0.780.